The number of carbonyl (C=O) groups is 1. The molecule has 84 valence electrons. The molecule has 0 aromatic carbocycles. The molecule has 0 bridgehead atoms. The highest BCUT2D eigenvalue weighted by Crippen LogP contribution is 2.06. The normalized spacial score (nSPS) is 10.3. The molecule has 2 rings (SSSR count). The predicted octanol–water partition coefficient (Wildman–Crippen LogP) is 0.116. The Morgan fingerprint density at radius 3 is 3.06 bits per heavy atom. The Kier molecular flexibility index (Phi) is 2.82. The first-order valence-corrected chi connectivity index (χ1v) is 5.41. The van der Waals surface area contributed by atoms with E-state index in [1.54, 1.807) is 12.6 Å². The van der Waals surface area contributed by atoms with Crippen molar-refractivity contribution in [1.82, 2.24) is 25.1 Å². The van der Waals surface area contributed by atoms with Crippen LogP contribution in [0.3, 0.4) is 0 Å². The number of thiazole rings is 1. The first-order chi connectivity index (χ1) is 7.66. The van der Waals surface area contributed by atoms with Crippen molar-refractivity contribution >= 4 is 23.2 Å². The largest absolute Gasteiger partial charge is 0.366 e. The Morgan fingerprint density at radius 2 is 2.50 bits per heavy atom. The van der Waals surface area contributed by atoms with Gasteiger partial charge in [-0.25, -0.2) is 4.98 Å². The van der Waals surface area contributed by atoms with E-state index in [0.29, 0.717) is 6.54 Å². The van der Waals surface area contributed by atoms with E-state index in [-0.39, 0.29) is 17.7 Å². The maximum absolute atomic E-state index is 11.8. The van der Waals surface area contributed by atoms with Crippen LogP contribution >= 0.6 is 11.3 Å². The quantitative estimate of drug-likeness (QED) is 0.790. The van der Waals surface area contributed by atoms with Crippen molar-refractivity contribution in [3.63, 3.8) is 0 Å². The van der Waals surface area contributed by atoms with Gasteiger partial charge in [-0.3, -0.25) is 9.89 Å². The van der Waals surface area contributed by atoms with E-state index >= 15 is 0 Å². The summed E-state index contributed by atoms with van der Waals surface area (Å²) < 4.78 is 0. The average molecular weight is 238 g/mol. The van der Waals surface area contributed by atoms with Crippen LogP contribution in [0.1, 0.15) is 16.3 Å². The number of hydrogen-bond donors (Lipinski definition) is 2. The first kappa shape index (κ1) is 10.6. The number of aromatic amines is 1. The fourth-order valence-electron chi connectivity index (χ4n) is 1.18. The van der Waals surface area contributed by atoms with Gasteiger partial charge in [0.1, 0.15) is 0 Å². The summed E-state index contributed by atoms with van der Waals surface area (Å²) in [6.07, 6.45) is 0. The van der Waals surface area contributed by atoms with Crippen LogP contribution in [0.4, 0.5) is 5.95 Å². The summed E-state index contributed by atoms with van der Waals surface area (Å²) >= 11 is 1.49. The lowest BCUT2D eigenvalue weighted by Crippen LogP contribution is -2.27. The van der Waals surface area contributed by atoms with E-state index in [1.165, 1.54) is 16.2 Å². The number of H-pyrrole nitrogens is 1. The third-order valence-electron chi connectivity index (χ3n) is 1.93. The van der Waals surface area contributed by atoms with E-state index in [2.05, 4.69) is 20.2 Å². The van der Waals surface area contributed by atoms with Crippen molar-refractivity contribution in [3.05, 3.63) is 22.4 Å². The zero-order valence-electron chi connectivity index (χ0n) is 8.54. The van der Waals surface area contributed by atoms with Crippen molar-refractivity contribution < 1.29 is 4.79 Å². The summed E-state index contributed by atoms with van der Waals surface area (Å²) in [7, 11) is 1.67. The van der Waals surface area contributed by atoms with Crippen LogP contribution in [-0.2, 0) is 6.54 Å². The highest BCUT2D eigenvalue weighted by atomic mass is 32.1. The van der Waals surface area contributed by atoms with Crippen LogP contribution in [0, 0.1) is 0 Å². The van der Waals surface area contributed by atoms with Gasteiger partial charge in [0.25, 0.3) is 5.91 Å². The molecule has 0 fully saturated rings. The molecule has 0 unspecified atom stereocenters. The molecule has 16 heavy (non-hydrogen) atoms. The maximum atomic E-state index is 11.8. The van der Waals surface area contributed by atoms with Crippen molar-refractivity contribution in [2.24, 2.45) is 0 Å². The van der Waals surface area contributed by atoms with Crippen molar-refractivity contribution in [1.29, 1.82) is 0 Å². The van der Waals surface area contributed by atoms with Gasteiger partial charge < -0.3 is 10.6 Å². The Labute approximate surface area is 95.3 Å². The maximum Gasteiger partial charge on any atom is 0.291 e. The SMILES string of the molecule is CN(Cc1cscn1)C(=O)c1nc(N)n[nH]1. The fraction of sp³-hybridized carbons (Fsp3) is 0.250. The lowest BCUT2D eigenvalue weighted by atomic mass is 10.4. The molecule has 0 spiro atoms. The van der Waals surface area contributed by atoms with E-state index < -0.39 is 0 Å². The molecule has 0 radical (unpaired) electrons. The molecule has 0 aliphatic rings. The molecule has 2 heterocycles. The third-order valence-corrected chi connectivity index (χ3v) is 2.57. The molecule has 0 aliphatic heterocycles. The minimum atomic E-state index is -0.266. The number of carbonyl (C=O) groups excluding carboxylic acids is 1. The van der Waals surface area contributed by atoms with Crippen LogP contribution in [0.5, 0.6) is 0 Å². The lowest BCUT2D eigenvalue weighted by Gasteiger charge is -2.13. The van der Waals surface area contributed by atoms with Crippen LogP contribution < -0.4 is 5.73 Å². The monoisotopic (exact) mass is 238 g/mol. The third kappa shape index (κ3) is 2.16. The van der Waals surface area contributed by atoms with Gasteiger partial charge in [0.15, 0.2) is 0 Å². The van der Waals surface area contributed by atoms with E-state index in [0.717, 1.165) is 5.69 Å². The Morgan fingerprint density at radius 1 is 1.69 bits per heavy atom. The standard InChI is InChI=1S/C8H10N6OS/c1-14(2-5-3-16-4-10-5)7(15)6-11-8(9)13-12-6/h3-4H,2H2,1H3,(H3,9,11,12,13). The number of anilines is 1. The highest BCUT2D eigenvalue weighted by Gasteiger charge is 2.16. The smallest absolute Gasteiger partial charge is 0.291 e. The van der Waals surface area contributed by atoms with Crippen LogP contribution in [0.25, 0.3) is 0 Å². The van der Waals surface area contributed by atoms with Gasteiger partial charge in [-0.2, -0.15) is 4.98 Å². The molecule has 2 aromatic rings. The van der Waals surface area contributed by atoms with E-state index in [4.69, 9.17) is 5.73 Å². The summed E-state index contributed by atoms with van der Waals surface area (Å²) in [6.45, 7) is 0.433. The number of hydrogen-bond acceptors (Lipinski definition) is 6. The zero-order chi connectivity index (χ0) is 11.5. The molecular weight excluding hydrogens is 228 g/mol. The molecule has 0 saturated heterocycles. The van der Waals surface area contributed by atoms with Gasteiger partial charge in [-0.05, 0) is 0 Å². The molecule has 1 amide bonds. The minimum absolute atomic E-state index is 0.0606. The molecule has 7 nitrogen and oxygen atoms in total. The predicted molar refractivity (Wildman–Crippen MR) is 58.7 cm³/mol. The van der Waals surface area contributed by atoms with Crippen LogP contribution in [-0.4, -0.2) is 38.0 Å². The first-order valence-electron chi connectivity index (χ1n) is 4.47. The van der Waals surface area contributed by atoms with Gasteiger partial charge in [-0.1, -0.05) is 0 Å². The van der Waals surface area contributed by atoms with Gasteiger partial charge in [0.05, 0.1) is 17.7 Å². The Balaban J connectivity index is 2.05. The summed E-state index contributed by atoms with van der Waals surface area (Å²) in [6, 6.07) is 0. The molecule has 8 heteroatoms. The Hall–Kier alpha value is -1.96. The summed E-state index contributed by atoms with van der Waals surface area (Å²) in [5.41, 5.74) is 7.88. The van der Waals surface area contributed by atoms with Gasteiger partial charge in [-0.15, -0.1) is 16.4 Å². The number of aromatic nitrogens is 4. The molecule has 3 N–H and O–H groups in total. The number of nitrogens with two attached hydrogens (primary N) is 1. The van der Waals surface area contributed by atoms with E-state index in [1.807, 2.05) is 5.38 Å². The molecular formula is C8H10N6OS. The van der Waals surface area contributed by atoms with Gasteiger partial charge in [0.2, 0.25) is 11.8 Å². The topological polar surface area (TPSA) is 101 Å². The van der Waals surface area contributed by atoms with Crippen molar-refractivity contribution in [2.75, 3.05) is 12.8 Å². The van der Waals surface area contributed by atoms with Crippen LogP contribution in [0.15, 0.2) is 10.9 Å². The fourth-order valence-corrected chi connectivity index (χ4v) is 1.73. The van der Waals surface area contributed by atoms with Gasteiger partial charge in [0, 0.05) is 12.4 Å². The second-order valence-corrected chi connectivity index (χ2v) is 3.90. The summed E-state index contributed by atoms with van der Waals surface area (Å²) in [5.74, 6) is -0.0714. The molecule has 2 aromatic heterocycles. The van der Waals surface area contributed by atoms with Gasteiger partial charge >= 0.3 is 0 Å². The molecule has 0 aliphatic carbocycles. The second kappa shape index (κ2) is 4.27. The number of rotatable bonds is 3. The number of nitrogens with zero attached hydrogens (tertiary/aromatic N) is 4. The van der Waals surface area contributed by atoms with Crippen LogP contribution in [0.2, 0.25) is 0 Å². The average Bonchev–Trinajstić information content (AvgIpc) is 2.88. The molecule has 0 saturated carbocycles. The second-order valence-electron chi connectivity index (χ2n) is 3.18. The summed E-state index contributed by atoms with van der Waals surface area (Å²) in [5, 5.41) is 7.96. The number of nitrogens with one attached hydrogen (secondary N) is 1. The minimum Gasteiger partial charge on any atom is -0.366 e. The highest BCUT2D eigenvalue weighted by molar-refractivity contribution is 7.07. The summed E-state index contributed by atoms with van der Waals surface area (Å²) in [4.78, 5) is 21.1. The van der Waals surface area contributed by atoms with Crippen molar-refractivity contribution in [2.45, 2.75) is 6.54 Å². The zero-order valence-corrected chi connectivity index (χ0v) is 9.36. The Bertz CT molecular complexity index is 478. The lowest BCUT2D eigenvalue weighted by molar-refractivity contribution is 0.0772. The van der Waals surface area contributed by atoms with E-state index in [9.17, 15) is 4.79 Å². The number of nitrogen functional groups attached to an aromatic ring is 1. The van der Waals surface area contributed by atoms with Crippen molar-refractivity contribution in [3.8, 4) is 0 Å². The molecule has 0 atom stereocenters. The number of amides is 1.